The Morgan fingerprint density at radius 3 is 2.45 bits per heavy atom. The van der Waals surface area contributed by atoms with Crippen LogP contribution in [0.1, 0.15) is 27.8 Å². The monoisotopic (exact) mass is 394 g/mol. The molecule has 0 saturated carbocycles. The average Bonchev–Trinajstić information content (AvgIpc) is 2.69. The maximum absolute atomic E-state index is 14.2. The van der Waals surface area contributed by atoms with Crippen molar-refractivity contribution in [3.63, 3.8) is 0 Å². The fourth-order valence-electron chi connectivity index (χ4n) is 3.12. The molecular formula is C22H23FN4O2. The van der Waals surface area contributed by atoms with Crippen LogP contribution in [0.15, 0.2) is 65.5 Å². The molecular weight excluding hydrogens is 371 g/mol. The number of likely N-dealkylation sites (N-methyl/N-ethyl adjacent to an activating group) is 1. The molecule has 0 aliphatic rings. The summed E-state index contributed by atoms with van der Waals surface area (Å²) in [6.07, 6.45) is 0. The van der Waals surface area contributed by atoms with Gasteiger partial charge in [0.25, 0.3) is 5.91 Å². The summed E-state index contributed by atoms with van der Waals surface area (Å²) >= 11 is 0. The van der Waals surface area contributed by atoms with Crippen molar-refractivity contribution in [2.24, 2.45) is 0 Å². The molecule has 1 atom stereocenters. The minimum atomic E-state index is -0.595. The molecule has 150 valence electrons. The van der Waals surface area contributed by atoms with Crippen LogP contribution < -0.4 is 10.7 Å². The summed E-state index contributed by atoms with van der Waals surface area (Å²) in [5.41, 5.74) is 0.873. The van der Waals surface area contributed by atoms with Gasteiger partial charge in [0, 0.05) is 18.3 Å². The van der Waals surface area contributed by atoms with Gasteiger partial charge in [0.05, 0.1) is 6.04 Å². The number of aromatic nitrogens is 2. The minimum Gasteiger partial charge on any atom is -0.349 e. The summed E-state index contributed by atoms with van der Waals surface area (Å²) < 4.78 is 15.4. The number of aryl methyl sites for hydroxylation is 1. The Balaban J connectivity index is 1.87. The van der Waals surface area contributed by atoms with E-state index in [0.29, 0.717) is 12.2 Å². The lowest BCUT2D eigenvalue weighted by atomic mass is 10.1. The van der Waals surface area contributed by atoms with Gasteiger partial charge in [-0.1, -0.05) is 42.5 Å². The van der Waals surface area contributed by atoms with Crippen LogP contribution in [0.4, 0.5) is 4.39 Å². The number of para-hydroxylation sites is 1. The summed E-state index contributed by atoms with van der Waals surface area (Å²) in [5.74, 6) is -1.09. The number of rotatable bonds is 6. The van der Waals surface area contributed by atoms with E-state index in [-0.39, 0.29) is 17.4 Å². The first kappa shape index (κ1) is 20.4. The second-order valence-corrected chi connectivity index (χ2v) is 6.96. The molecule has 1 N–H and O–H groups in total. The fraction of sp³-hybridized carbons (Fsp3) is 0.227. The molecule has 1 aromatic heterocycles. The smallest absolute Gasteiger partial charge is 0.275 e. The van der Waals surface area contributed by atoms with E-state index < -0.39 is 17.2 Å². The van der Waals surface area contributed by atoms with E-state index in [2.05, 4.69) is 10.4 Å². The van der Waals surface area contributed by atoms with Crippen LogP contribution in [0.5, 0.6) is 0 Å². The Kier molecular flexibility index (Phi) is 6.19. The van der Waals surface area contributed by atoms with E-state index >= 15 is 0 Å². The molecule has 0 aliphatic heterocycles. The molecule has 29 heavy (non-hydrogen) atoms. The number of nitrogens with one attached hydrogen (secondary N) is 1. The number of nitrogens with zero attached hydrogens (tertiary/aromatic N) is 3. The normalized spacial score (nSPS) is 12.0. The second kappa shape index (κ2) is 8.79. The quantitative estimate of drug-likeness (QED) is 0.698. The van der Waals surface area contributed by atoms with Gasteiger partial charge < -0.3 is 10.2 Å². The molecule has 0 fully saturated rings. The van der Waals surface area contributed by atoms with Gasteiger partial charge in [0.2, 0.25) is 5.43 Å². The van der Waals surface area contributed by atoms with Crippen molar-refractivity contribution in [2.75, 3.05) is 20.6 Å². The molecule has 7 heteroatoms. The summed E-state index contributed by atoms with van der Waals surface area (Å²) in [6.45, 7) is 1.94. The van der Waals surface area contributed by atoms with Gasteiger partial charge >= 0.3 is 0 Å². The highest BCUT2D eigenvalue weighted by atomic mass is 19.1. The topological polar surface area (TPSA) is 67.2 Å². The van der Waals surface area contributed by atoms with Gasteiger partial charge in [0.15, 0.2) is 5.69 Å². The van der Waals surface area contributed by atoms with E-state index in [9.17, 15) is 14.0 Å². The maximum Gasteiger partial charge on any atom is 0.275 e. The third kappa shape index (κ3) is 4.57. The lowest BCUT2D eigenvalue weighted by Gasteiger charge is -2.25. The highest BCUT2D eigenvalue weighted by molar-refractivity contribution is 5.92. The first-order valence-corrected chi connectivity index (χ1v) is 9.24. The minimum absolute atomic E-state index is 0.0700. The van der Waals surface area contributed by atoms with E-state index in [0.717, 1.165) is 5.56 Å². The number of hydrogen-bond acceptors (Lipinski definition) is 4. The Labute approximate surface area is 168 Å². The number of amides is 1. The van der Waals surface area contributed by atoms with Crippen molar-refractivity contribution >= 4 is 5.91 Å². The second-order valence-electron chi connectivity index (χ2n) is 6.96. The largest absolute Gasteiger partial charge is 0.349 e. The zero-order chi connectivity index (χ0) is 21.0. The van der Waals surface area contributed by atoms with Crippen molar-refractivity contribution in [3.8, 4) is 5.69 Å². The number of carbonyl (C=O) groups excluding carboxylic acids is 1. The number of carbonyl (C=O) groups is 1. The van der Waals surface area contributed by atoms with Gasteiger partial charge in [0.1, 0.15) is 11.5 Å². The molecule has 6 nitrogen and oxygen atoms in total. The average molecular weight is 394 g/mol. The summed E-state index contributed by atoms with van der Waals surface area (Å²) in [6, 6.07) is 17.0. The predicted octanol–water partition coefficient (Wildman–Crippen LogP) is 2.71. The first-order chi connectivity index (χ1) is 13.9. The molecule has 1 amide bonds. The number of halogens is 1. The number of benzene rings is 2. The van der Waals surface area contributed by atoms with Gasteiger partial charge in [-0.15, -0.1) is 0 Å². The van der Waals surface area contributed by atoms with Crippen molar-refractivity contribution in [1.82, 2.24) is 20.0 Å². The van der Waals surface area contributed by atoms with E-state index in [4.69, 9.17) is 0 Å². The molecule has 0 bridgehead atoms. The third-order valence-electron chi connectivity index (χ3n) is 4.67. The lowest BCUT2D eigenvalue weighted by Crippen LogP contribution is -2.37. The van der Waals surface area contributed by atoms with Crippen LogP contribution in [0, 0.1) is 12.7 Å². The molecule has 3 aromatic rings. The SMILES string of the molecule is Cc1cc(=O)c(C(=O)NC[C@@H](c2ccccc2)N(C)C)nn1-c1ccccc1F. The molecule has 0 unspecified atom stereocenters. The molecule has 0 aliphatic carbocycles. The Hall–Kier alpha value is -3.32. The Bertz CT molecular complexity index is 1060. The molecule has 0 radical (unpaired) electrons. The van der Waals surface area contributed by atoms with Gasteiger partial charge in [-0.2, -0.15) is 5.10 Å². The summed E-state index contributed by atoms with van der Waals surface area (Å²) in [7, 11) is 3.83. The molecule has 3 rings (SSSR count). The zero-order valence-corrected chi connectivity index (χ0v) is 16.6. The van der Waals surface area contributed by atoms with Crippen LogP contribution in [0.2, 0.25) is 0 Å². The first-order valence-electron chi connectivity index (χ1n) is 9.24. The van der Waals surface area contributed by atoms with Crippen molar-refractivity contribution in [3.05, 3.63) is 93.7 Å². The van der Waals surface area contributed by atoms with Crippen LogP contribution in [-0.4, -0.2) is 41.2 Å². The zero-order valence-electron chi connectivity index (χ0n) is 16.6. The van der Waals surface area contributed by atoms with Gasteiger partial charge in [-0.25, -0.2) is 9.07 Å². The Morgan fingerprint density at radius 1 is 1.14 bits per heavy atom. The summed E-state index contributed by atoms with van der Waals surface area (Å²) in [4.78, 5) is 27.0. The standard InChI is InChI=1S/C22H23FN4O2/c1-15-13-20(28)21(25-27(15)18-12-8-7-11-17(18)23)22(29)24-14-19(26(2)3)16-9-5-4-6-10-16/h4-13,19H,14H2,1-3H3,(H,24,29)/t19-/m0/s1. The molecule has 0 saturated heterocycles. The van der Waals surface area contributed by atoms with Gasteiger partial charge in [-0.05, 0) is 38.7 Å². The van der Waals surface area contributed by atoms with Crippen LogP contribution in [-0.2, 0) is 0 Å². The summed E-state index contributed by atoms with van der Waals surface area (Å²) in [5, 5.41) is 6.92. The highest BCUT2D eigenvalue weighted by Gasteiger charge is 2.19. The predicted molar refractivity (Wildman–Crippen MR) is 110 cm³/mol. The third-order valence-corrected chi connectivity index (χ3v) is 4.67. The molecule has 1 heterocycles. The van der Waals surface area contributed by atoms with Crippen LogP contribution in [0.25, 0.3) is 5.69 Å². The van der Waals surface area contributed by atoms with Crippen molar-refractivity contribution < 1.29 is 9.18 Å². The van der Waals surface area contributed by atoms with E-state index in [1.54, 1.807) is 25.1 Å². The van der Waals surface area contributed by atoms with E-state index in [1.165, 1.54) is 16.8 Å². The molecule has 0 spiro atoms. The fourth-order valence-corrected chi connectivity index (χ4v) is 3.12. The number of hydrogen-bond donors (Lipinski definition) is 1. The van der Waals surface area contributed by atoms with Crippen LogP contribution in [0.3, 0.4) is 0 Å². The maximum atomic E-state index is 14.2. The van der Waals surface area contributed by atoms with E-state index in [1.807, 2.05) is 49.3 Å². The lowest BCUT2D eigenvalue weighted by molar-refractivity contribution is 0.0934. The van der Waals surface area contributed by atoms with Crippen molar-refractivity contribution in [2.45, 2.75) is 13.0 Å². The van der Waals surface area contributed by atoms with Gasteiger partial charge in [-0.3, -0.25) is 9.59 Å². The Morgan fingerprint density at radius 2 is 1.79 bits per heavy atom. The van der Waals surface area contributed by atoms with Crippen LogP contribution >= 0.6 is 0 Å². The molecule has 2 aromatic carbocycles. The highest BCUT2D eigenvalue weighted by Crippen LogP contribution is 2.17. The van der Waals surface area contributed by atoms with Crippen molar-refractivity contribution in [1.29, 1.82) is 0 Å².